The van der Waals surface area contributed by atoms with Crippen molar-refractivity contribution >= 4 is 11.8 Å². The maximum atomic E-state index is 13.4. The van der Waals surface area contributed by atoms with Crippen LogP contribution < -0.4 is 0 Å². The lowest BCUT2D eigenvalue weighted by Gasteiger charge is -2.12. The molecule has 2 aromatic heterocycles. The van der Waals surface area contributed by atoms with E-state index in [1.165, 1.54) is 23.9 Å². The normalized spacial score (nSPS) is 12.2. The molecule has 0 aliphatic rings. The molecule has 6 nitrogen and oxygen atoms in total. The van der Waals surface area contributed by atoms with E-state index in [9.17, 15) is 4.39 Å². The third-order valence-electron chi connectivity index (χ3n) is 4.59. The minimum atomic E-state index is -0.282. The van der Waals surface area contributed by atoms with Gasteiger partial charge in [-0.2, -0.15) is 4.98 Å². The Morgan fingerprint density at radius 2 is 1.83 bits per heavy atom. The molecule has 0 bridgehead atoms. The van der Waals surface area contributed by atoms with E-state index >= 15 is 0 Å². The van der Waals surface area contributed by atoms with Crippen molar-refractivity contribution in [2.24, 2.45) is 0 Å². The van der Waals surface area contributed by atoms with Crippen LogP contribution >= 0.6 is 11.8 Å². The predicted octanol–water partition coefficient (Wildman–Crippen LogP) is 5.32. The van der Waals surface area contributed by atoms with Crippen LogP contribution in [-0.4, -0.2) is 24.9 Å². The molecule has 0 spiro atoms. The van der Waals surface area contributed by atoms with Crippen molar-refractivity contribution in [2.45, 2.75) is 43.6 Å². The Kier molecular flexibility index (Phi) is 6.23. The minimum absolute atomic E-state index is 0.0807. The van der Waals surface area contributed by atoms with E-state index in [4.69, 9.17) is 4.52 Å². The number of aromatic nitrogens is 5. The van der Waals surface area contributed by atoms with Crippen LogP contribution in [-0.2, 0) is 13.0 Å². The van der Waals surface area contributed by atoms with E-state index in [-0.39, 0.29) is 11.1 Å². The molecule has 0 aliphatic heterocycles. The predicted molar refractivity (Wildman–Crippen MR) is 114 cm³/mol. The first-order valence-electron chi connectivity index (χ1n) is 9.86. The zero-order valence-corrected chi connectivity index (χ0v) is 17.6. The SMILES string of the molecule is CCCc1noc([C@H](C)Sc2nnc(-c3ccc(F)cc3)n2Cc2ccccc2)n1. The fourth-order valence-electron chi connectivity index (χ4n) is 3.06. The van der Waals surface area contributed by atoms with Gasteiger partial charge in [0.15, 0.2) is 16.8 Å². The monoisotopic (exact) mass is 423 g/mol. The zero-order valence-electron chi connectivity index (χ0n) is 16.8. The lowest BCUT2D eigenvalue weighted by Crippen LogP contribution is -2.05. The summed E-state index contributed by atoms with van der Waals surface area (Å²) in [6, 6.07) is 16.4. The number of benzene rings is 2. The molecule has 0 amide bonds. The van der Waals surface area contributed by atoms with Crippen molar-refractivity contribution in [1.82, 2.24) is 24.9 Å². The highest BCUT2D eigenvalue weighted by atomic mass is 32.2. The molecule has 0 fully saturated rings. The summed E-state index contributed by atoms with van der Waals surface area (Å²) in [6.07, 6.45) is 1.76. The number of rotatable bonds is 8. The van der Waals surface area contributed by atoms with Crippen LogP contribution in [0.2, 0.25) is 0 Å². The van der Waals surface area contributed by atoms with Crippen molar-refractivity contribution in [2.75, 3.05) is 0 Å². The first-order valence-corrected chi connectivity index (χ1v) is 10.7. The molecule has 30 heavy (non-hydrogen) atoms. The smallest absolute Gasteiger partial charge is 0.239 e. The summed E-state index contributed by atoms with van der Waals surface area (Å²) in [5.74, 6) is 1.69. The molecule has 8 heteroatoms. The zero-order chi connectivity index (χ0) is 20.9. The summed E-state index contributed by atoms with van der Waals surface area (Å²) in [7, 11) is 0. The van der Waals surface area contributed by atoms with Crippen LogP contribution in [0.5, 0.6) is 0 Å². The Hall–Kier alpha value is -3.00. The Bertz CT molecular complexity index is 1090. The third-order valence-corrected chi connectivity index (χ3v) is 5.66. The second-order valence-corrected chi connectivity index (χ2v) is 8.25. The summed E-state index contributed by atoms with van der Waals surface area (Å²) in [6.45, 7) is 4.69. The summed E-state index contributed by atoms with van der Waals surface area (Å²) < 4.78 is 20.9. The minimum Gasteiger partial charge on any atom is -0.338 e. The molecular formula is C22H22FN5OS. The third kappa shape index (κ3) is 4.59. The molecule has 4 rings (SSSR count). The fraction of sp³-hybridized carbons (Fsp3) is 0.273. The Labute approximate surface area is 178 Å². The van der Waals surface area contributed by atoms with Crippen molar-refractivity contribution in [1.29, 1.82) is 0 Å². The van der Waals surface area contributed by atoms with Gasteiger partial charge in [-0.15, -0.1) is 10.2 Å². The van der Waals surface area contributed by atoms with Crippen molar-refractivity contribution < 1.29 is 8.91 Å². The average molecular weight is 424 g/mol. The van der Waals surface area contributed by atoms with Gasteiger partial charge in [-0.3, -0.25) is 4.57 Å². The Balaban J connectivity index is 1.65. The number of halogens is 1. The summed E-state index contributed by atoms with van der Waals surface area (Å²) in [4.78, 5) is 4.49. The number of hydrogen-bond acceptors (Lipinski definition) is 6. The molecule has 0 saturated heterocycles. The van der Waals surface area contributed by atoms with Crippen LogP contribution in [0.15, 0.2) is 64.3 Å². The van der Waals surface area contributed by atoms with Crippen molar-refractivity contribution in [3.8, 4) is 11.4 Å². The van der Waals surface area contributed by atoms with Gasteiger partial charge in [0.1, 0.15) is 5.82 Å². The van der Waals surface area contributed by atoms with E-state index in [1.54, 1.807) is 12.1 Å². The standard InChI is InChI=1S/C22H22FN5OS/c1-3-7-19-24-21(29-27-19)15(2)30-22-26-25-20(17-10-12-18(23)13-11-17)28(22)14-16-8-5-4-6-9-16/h4-6,8-13,15H,3,7,14H2,1-2H3/t15-/m0/s1. The van der Waals surface area contributed by atoms with E-state index in [2.05, 4.69) is 39.4 Å². The Morgan fingerprint density at radius 3 is 2.57 bits per heavy atom. The lowest BCUT2D eigenvalue weighted by molar-refractivity contribution is 0.374. The van der Waals surface area contributed by atoms with Gasteiger partial charge in [0.05, 0.1) is 11.8 Å². The Morgan fingerprint density at radius 1 is 1.07 bits per heavy atom. The van der Waals surface area contributed by atoms with Gasteiger partial charge in [0.2, 0.25) is 5.89 Å². The number of hydrogen-bond donors (Lipinski definition) is 0. The fourth-order valence-corrected chi connectivity index (χ4v) is 3.94. The lowest BCUT2D eigenvalue weighted by atomic mass is 10.2. The van der Waals surface area contributed by atoms with E-state index in [0.717, 1.165) is 34.9 Å². The van der Waals surface area contributed by atoms with Crippen molar-refractivity contribution in [3.63, 3.8) is 0 Å². The number of nitrogens with zero attached hydrogens (tertiary/aromatic N) is 5. The van der Waals surface area contributed by atoms with E-state index < -0.39 is 0 Å². The molecule has 0 unspecified atom stereocenters. The topological polar surface area (TPSA) is 69.6 Å². The number of thioether (sulfide) groups is 1. The van der Waals surface area contributed by atoms with Crippen LogP contribution in [0.25, 0.3) is 11.4 Å². The molecule has 0 N–H and O–H groups in total. The highest BCUT2D eigenvalue weighted by Gasteiger charge is 2.21. The van der Waals surface area contributed by atoms with Gasteiger partial charge in [0, 0.05) is 12.0 Å². The molecule has 4 aromatic rings. The van der Waals surface area contributed by atoms with Crippen LogP contribution in [0, 0.1) is 5.82 Å². The van der Waals surface area contributed by atoms with Crippen LogP contribution in [0.4, 0.5) is 4.39 Å². The molecule has 2 aromatic carbocycles. The number of aryl methyl sites for hydroxylation is 1. The molecule has 1 atom stereocenters. The van der Waals surface area contributed by atoms with Gasteiger partial charge in [0.25, 0.3) is 0 Å². The maximum Gasteiger partial charge on any atom is 0.239 e. The highest BCUT2D eigenvalue weighted by Crippen LogP contribution is 2.35. The van der Waals surface area contributed by atoms with Crippen molar-refractivity contribution in [3.05, 3.63) is 77.7 Å². The first kappa shape index (κ1) is 20.3. The molecule has 0 radical (unpaired) electrons. The summed E-state index contributed by atoms with van der Waals surface area (Å²) in [5.41, 5.74) is 1.93. The van der Waals surface area contributed by atoms with Crippen LogP contribution in [0.3, 0.4) is 0 Å². The molecule has 0 aliphatic carbocycles. The van der Waals surface area contributed by atoms with Gasteiger partial charge < -0.3 is 4.52 Å². The quantitative estimate of drug-likeness (QED) is 0.357. The molecule has 154 valence electrons. The largest absolute Gasteiger partial charge is 0.338 e. The van der Waals surface area contributed by atoms with E-state index in [1.807, 2.05) is 29.7 Å². The summed E-state index contributed by atoms with van der Waals surface area (Å²) in [5, 5.41) is 13.5. The van der Waals surface area contributed by atoms with Crippen LogP contribution in [0.1, 0.15) is 42.8 Å². The highest BCUT2D eigenvalue weighted by molar-refractivity contribution is 7.99. The average Bonchev–Trinajstić information content (AvgIpc) is 3.38. The summed E-state index contributed by atoms with van der Waals surface area (Å²) >= 11 is 1.51. The van der Waals surface area contributed by atoms with E-state index in [0.29, 0.717) is 18.3 Å². The maximum absolute atomic E-state index is 13.4. The second kappa shape index (κ2) is 9.21. The molecule has 0 saturated carbocycles. The van der Waals surface area contributed by atoms with Gasteiger partial charge in [-0.25, -0.2) is 4.39 Å². The molecular weight excluding hydrogens is 401 g/mol. The first-order chi connectivity index (χ1) is 14.6. The van der Waals surface area contributed by atoms with Gasteiger partial charge in [-0.1, -0.05) is 54.2 Å². The second-order valence-electron chi connectivity index (χ2n) is 6.94. The van der Waals surface area contributed by atoms with Gasteiger partial charge >= 0.3 is 0 Å². The van der Waals surface area contributed by atoms with Gasteiger partial charge in [-0.05, 0) is 43.2 Å². The molecule has 2 heterocycles.